The number of carboxylic acid groups (broad SMARTS) is 1. The molecule has 41 heavy (non-hydrogen) atoms. The number of rotatable bonds is 6. The molecule has 0 unspecified atom stereocenters. The van der Waals surface area contributed by atoms with E-state index >= 15 is 0 Å². The molecule has 7 nitrogen and oxygen atoms in total. The number of halogens is 5. The Kier molecular flexibility index (Phi) is 6.31. The number of aromatic nitrogens is 3. The minimum Gasteiger partial charge on any atom is -0.481 e. The Balaban J connectivity index is 1.33. The Morgan fingerprint density at radius 3 is 2.27 bits per heavy atom. The first-order chi connectivity index (χ1) is 19.4. The normalized spacial score (nSPS) is 21.9. The number of alkyl halides is 3. The molecule has 3 aromatic carbocycles. The van der Waals surface area contributed by atoms with Gasteiger partial charge in [-0.25, -0.2) is 13.5 Å². The number of carbonyl (C=O) groups excluding carboxylic acids is 1. The van der Waals surface area contributed by atoms with E-state index in [4.69, 9.17) is 0 Å². The summed E-state index contributed by atoms with van der Waals surface area (Å²) in [7, 11) is 0. The molecule has 0 aliphatic heterocycles. The third kappa shape index (κ3) is 4.91. The van der Waals surface area contributed by atoms with Crippen molar-refractivity contribution in [3.8, 4) is 11.1 Å². The Bertz CT molecular complexity index is 1650. The summed E-state index contributed by atoms with van der Waals surface area (Å²) in [5.74, 6) is -3.38. The molecule has 0 atom stereocenters. The van der Waals surface area contributed by atoms with Crippen LogP contribution in [0, 0.1) is 23.0 Å². The van der Waals surface area contributed by atoms with Crippen molar-refractivity contribution in [2.24, 2.45) is 11.3 Å². The number of fused-ring (bicyclic) bond motifs is 1. The summed E-state index contributed by atoms with van der Waals surface area (Å²) in [6.45, 7) is -0.00849. The molecule has 4 aromatic rings. The van der Waals surface area contributed by atoms with Gasteiger partial charge in [-0.15, -0.1) is 5.10 Å². The van der Waals surface area contributed by atoms with Gasteiger partial charge < -0.3 is 10.4 Å². The summed E-state index contributed by atoms with van der Waals surface area (Å²) in [6, 6.07) is 10.5. The average molecular weight is 571 g/mol. The maximum absolute atomic E-state index is 14.7. The second-order valence-electron chi connectivity index (χ2n) is 11.0. The van der Waals surface area contributed by atoms with Crippen molar-refractivity contribution in [3.05, 3.63) is 82.9 Å². The summed E-state index contributed by atoms with van der Waals surface area (Å²) in [4.78, 5) is 24.8. The van der Waals surface area contributed by atoms with E-state index in [0.717, 1.165) is 24.3 Å². The topological polar surface area (TPSA) is 97.1 Å². The van der Waals surface area contributed by atoms with E-state index in [9.17, 15) is 36.6 Å². The van der Waals surface area contributed by atoms with Gasteiger partial charge in [0.25, 0.3) is 5.91 Å². The molecule has 2 saturated carbocycles. The quantitative estimate of drug-likeness (QED) is 0.285. The van der Waals surface area contributed by atoms with Crippen LogP contribution in [0.4, 0.5) is 22.0 Å². The van der Waals surface area contributed by atoms with E-state index < -0.39 is 35.3 Å². The van der Waals surface area contributed by atoms with Crippen molar-refractivity contribution in [1.82, 2.24) is 20.3 Å². The highest BCUT2D eigenvalue weighted by Crippen LogP contribution is 2.58. The zero-order chi connectivity index (χ0) is 29.1. The first-order valence-corrected chi connectivity index (χ1v) is 12.9. The van der Waals surface area contributed by atoms with Crippen LogP contribution in [-0.4, -0.2) is 38.0 Å². The molecule has 1 spiro atoms. The van der Waals surface area contributed by atoms with Gasteiger partial charge in [-0.2, -0.15) is 13.2 Å². The van der Waals surface area contributed by atoms with Gasteiger partial charge in [0.2, 0.25) is 0 Å². The van der Waals surface area contributed by atoms with Gasteiger partial charge in [0.1, 0.15) is 22.7 Å². The lowest BCUT2D eigenvalue weighted by atomic mass is 9.50. The minimum atomic E-state index is -4.49. The van der Waals surface area contributed by atoms with Crippen LogP contribution >= 0.6 is 0 Å². The van der Waals surface area contributed by atoms with Crippen LogP contribution in [0.25, 0.3) is 22.2 Å². The molecular weight excluding hydrogens is 547 g/mol. The monoisotopic (exact) mass is 570 g/mol. The molecule has 2 aliphatic carbocycles. The van der Waals surface area contributed by atoms with Crippen LogP contribution in [0.1, 0.15) is 47.2 Å². The highest BCUT2D eigenvalue weighted by Gasteiger charge is 2.55. The fourth-order valence-corrected chi connectivity index (χ4v) is 6.13. The van der Waals surface area contributed by atoms with E-state index in [1.807, 2.05) is 0 Å². The number of carboxylic acids is 1. The third-order valence-corrected chi connectivity index (χ3v) is 8.12. The molecular formula is C29H23F5N4O3. The molecule has 0 saturated heterocycles. The molecule has 0 bridgehead atoms. The maximum atomic E-state index is 14.7. The lowest BCUT2D eigenvalue weighted by molar-refractivity contribution is -0.155. The first-order valence-electron chi connectivity index (χ1n) is 12.9. The molecule has 2 fully saturated rings. The number of nitrogens with zero attached hydrogens (tertiary/aromatic N) is 3. The fourth-order valence-electron chi connectivity index (χ4n) is 6.13. The van der Waals surface area contributed by atoms with Crippen LogP contribution in [0.2, 0.25) is 0 Å². The molecule has 0 radical (unpaired) electrons. The largest absolute Gasteiger partial charge is 0.481 e. The summed E-state index contributed by atoms with van der Waals surface area (Å²) in [6.07, 6.45) is -2.13. The highest BCUT2D eigenvalue weighted by atomic mass is 19.4. The van der Waals surface area contributed by atoms with Crippen LogP contribution in [0.15, 0.2) is 54.6 Å². The summed E-state index contributed by atoms with van der Waals surface area (Å²) < 4.78 is 69.7. The van der Waals surface area contributed by atoms with Crippen molar-refractivity contribution in [2.45, 2.75) is 44.4 Å². The zero-order valence-corrected chi connectivity index (χ0v) is 21.4. The second-order valence-corrected chi connectivity index (χ2v) is 11.0. The van der Waals surface area contributed by atoms with Crippen molar-refractivity contribution in [1.29, 1.82) is 0 Å². The SMILES string of the molecule is O=C(NC1CC2(C1)CC(C(=O)O)C2)c1cc(-c2c(F)cccc2F)cc2nnn(Cc3ccc(C(F)(F)F)cc3)c12. The number of aliphatic carboxylic acids is 1. The van der Waals surface area contributed by atoms with Crippen LogP contribution in [-0.2, 0) is 17.5 Å². The molecule has 1 amide bonds. The Morgan fingerprint density at radius 2 is 1.66 bits per heavy atom. The Labute approximate surface area is 230 Å². The fraction of sp³-hybridized carbons (Fsp3) is 0.310. The predicted molar refractivity (Wildman–Crippen MR) is 137 cm³/mol. The average Bonchev–Trinajstić information content (AvgIpc) is 3.26. The van der Waals surface area contributed by atoms with E-state index in [-0.39, 0.29) is 51.6 Å². The molecule has 1 heterocycles. The number of carbonyl (C=O) groups is 2. The molecule has 6 rings (SSSR count). The minimum absolute atomic E-state index is 0.00849. The van der Waals surface area contributed by atoms with Gasteiger partial charge in [-0.05, 0) is 78.6 Å². The van der Waals surface area contributed by atoms with Gasteiger partial charge in [0, 0.05) is 6.04 Å². The Morgan fingerprint density at radius 1 is 1.00 bits per heavy atom. The van der Waals surface area contributed by atoms with E-state index in [2.05, 4.69) is 15.6 Å². The van der Waals surface area contributed by atoms with Gasteiger partial charge in [0.15, 0.2) is 0 Å². The predicted octanol–water partition coefficient (Wildman–Crippen LogP) is 5.82. The van der Waals surface area contributed by atoms with Crippen molar-refractivity contribution in [2.75, 3.05) is 0 Å². The van der Waals surface area contributed by atoms with Crippen LogP contribution in [0.3, 0.4) is 0 Å². The van der Waals surface area contributed by atoms with Crippen LogP contribution < -0.4 is 5.32 Å². The zero-order valence-electron chi connectivity index (χ0n) is 21.4. The maximum Gasteiger partial charge on any atom is 0.416 e. The molecule has 2 aliphatic rings. The lowest BCUT2D eigenvalue weighted by Gasteiger charge is -2.56. The smallest absolute Gasteiger partial charge is 0.416 e. The van der Waals surface area contributed by atoms with E-state index in [0.29, 0.717) is 31.2 Å². The summed E-state index contributed by atoms with van der Waals surface area (Å²) in [5.41, 5.74) is -0.205. The lowest BCUT2D eigenvalue weighted by Crippen LogP contribution is -2.57. The number of hydrogen-bond acceptors (Lipinski definition) is 4. The molecule has 12 heteroatoms. The number of benzene rings is 3. The molecule has 212 valence electrons. The van der Waals surface area contributed by atoms with Gasteiger partial charge in [0.05, 0.1) is 29.2 Å². The number of nitrogens with one attached hydrogen (secondary N) is 1. The van der Waals surface area contributed by atoms with Crippen molar-refractivity contribution in [3.63, 3.8) is 0 Å². The second kappa shape index (κ2) is 9.64. The van der Waals surface area contributed by atoms with Crippen LogP contribution in [0.5, 0.6) is 0 Å². The Hall–Kier alpha value is -4.35. The molecule has 1 aromatic heterocycles. The van der Waals surface area contributed by atoms with Gasteiger partial charge in [-0.1, -0.05) is 23.4 Å². The summed E-state index contributed by atoms with van der Waals surface area (Å²) in [5, 5.41) is 20.3. The van der Waals surface area contributed by atoms with E-state index in [1.54, 1.807) is 0 Å². The van der Waals surface area contributed by atoms with Crippen molar-refractivity contribution < 1.29 is 36.6 Å². The number of amides is 1. The van der Waals surface area contributed by atoms with Gasteiger partial charge >= 0.3 is 12.1 Å². The van der Waals surface area contributed by atoms with E-state index in [1.165, 1.54) is 35.0 Å². The number of hydrogen-bond donors (Lipinski definition) is 2. The van der Waals surface area contributed by atoms with Crippen molar-refractivity contribution >= 4 is 22.9 Å². The standard InChI is InChI=1S/C29H23F5N4O3/c30-21-2-1-3-22(31)24(21)16-8-20(26(39)35-19-12-28(13-19)10-17(11-28)27(40)41)25-23(9-16)36-37-38(25)14-15-4-6-18(7-5-15)29(32,33)34/h1-9,17,19H,10-14H2,(H,35,39)(H,40,41). The summed E-state index contributed by atoms with van der Waals surface area (Å²) >= 11 is 0. The first kappa shape index (κ1) is 26.9. The third-order valence-electron chi connectivity index (χ3n) is 8.12. The highest BCUT2D eigenvalue weighted by molar-refractivity contribution is 6.06. The molecule has 2 N–H and O–H groups in total. The van der Waals surface area contributed by atoms with Gasteiger partial charge in [-0.3, -0.25) is 9.59 Å².